The van der Waals surface area contributed by atoms with Crippen molar-refractivity contribution in [3.8, 4) is 0 Å². The third-order valence-electron chi connectivity index (χ3n) is 8.19. The number of nitrogens with zero attached hydrogens (tertiary/aromatic N) is 1. The lowest BCUT2D eigenvalue weighted by Gasteiger charge is -2.34. The zero-order valence-electron chi connectivity index (χ0n) is 27.8. The molecule has 1 N–H and O–H groups in total. The van der Waals surface area contributed by atoms with Crippen LogP contribution in [0.25, 0.3) is 5.57 Å². The molecule has 3 atom stereocenters. The Morgan fingerprint density at radius 1 is 1.00 bits per heavy atom. The van der Waals surface area contributed by atoms with Gasteiger partial charge >= 0.3 is 12.1 Å². The van der Waals surface area contributed by atoms with Gasteiger partial charge in [-0.1, -0.05) is 86.8 Å². The molecule has 46 heavy (non-hydrogen) atoms. The third-order valence-corrected chi connectivity index (χ3v) is 8.19. The summed E-state index contributed by atoms with van der Waals surface area (Å²) in [7, 11) is 0. The third kappa shape index (κ3) is 9.45. The van der Waals surface area contributed by atoms with E-state index in [1.807, 2.05) is 32.9 Å². The number of Topliss-reactive ketones (excluding diaryl/α,β-unsaturated/α-hetero) is 1. The van der Waals surface area contributed by atoms with Crippen LogP contribution in [0.15, 0.2) is 60.7 Å². The number of cyclic esters (lactones) is 1. The van der Waals surface area contributed by atoms with Gasteiger partial charge in [-0.3, -0.25) is 19.2 Å². The molecule has 2 amide bonds. The van der Waals surface area contributed by atoms with Crippen LogP contribution in [0.4, 0.5) is 4.79 Å². The van der Waals surface area contributed by atoms with Crippen LogP contribution in [0.3, 0.4) is 0 Å². The first kappa shape index (κ1) is 36.4. The van der Waals surface area contributed by atoms with Crippen molar-refractivity contribution in [2.24, 2.45) is 11.8 Å². The molecule has 0 aromatic heterocycles. The molecule has 9 heteroatoms. The number of benzene rings is 2. The highest BCUT2D eigenvalue weighted by molar-refractivity contribution is 6.25. The molecule has 1 aliphatic heterocycles. The lowest BCUT2D eigenvalue weighted by molar-refractivity contribution is -0.159. The van der Waals surface area contributed by atoms with Gasteiger partial charge in [-0.2, -0.15) is 0 Å². The maximum Gasteiger partial charge on any atom is 0.417 e. The Morgan fingerprint density at radius 2 is 1.67 bits per heavy atom. The van der Waals surface area contributed by atoms with Gasteiger partial charge in [0.15, 0.2) is 17.7 Å². The molecule has 248 valence electrons. The Bertz CT molecular complexity index is 1430. The van der Waals surface area contributed by atoms with Gasteiger partial charge in [-0.05, 0) is 63.2 Å². The van der Waals surface area contributed by atoms with Crippen molar-refractivity contribution in [1.82, 2.24) is 4.90 Å². The molecule has 1 saturated heterocycles. The summed E-state index contributed by atoms with van der Waals surface area (Å²) in [6.45, 7) is 10.3. The number of aliphatic hydroxyl groups is 1. The van der Waals surface area contributed by atoms with Gasteiger partial charge < -0.3 is 14.6 Å². The second kappa shape index (κ2) is 16.5. The molecule has 0 unspecified atom stereocenters. The summed E-state index contributed by atoms with van der Waals surface area (Å²) >= 11 is 0. The lowest BCUT2D eigenvalue weighted by atomic mass is 9.85. The molecule has 0 saturated carbocycles. The number of imide groups is 1. The SMILES string of the molecule is CC(=O)O[C@@H](C(=O)C=C(C(=O)CCCCCCO)c1cccc(C)c1)[C@@H](Cc1ccccc1)C(=O)N1C(=O)OC(C)(C)[C@H]1C(C)C. The van der Waals surface area contributed by atoms with Crippen molar-refractivity contribution in [3.05, 3.63) is 77.4 Å². The average molecular weight is 634 g/mol. The highest BCUT2D eigenvalue weighted by Crippen LogP contribution is 2.36. The number of carbonyl (C=O) groups excluding carboxylic acids is 5. The number of hydrogen-bond acceptors (Lipinski definition) is 8. The van der Waals surface area contributed by atoms with Gasteiger partial charge in [-0.15, -0.1) is 0 Å². The van der Waals surface area contributed by atoms with Crippen molar-refractivity contribution < 1.29 is 38.6 Å². The number of unbranched alkanes of at least 4 members (excludes halogenated alkanes) is 3. The van der Waals surface area contributed by atoms with E-state index in [9.17, 15) is 24.0 Å². The van der Waals surface area contributed by atoms with Crippen molar-refractivity contribution in [3.63, 3.8) is 0 Å². The Kier molecular flexibility index (Phi) is 13.0. The Labute approximate surface area is 272 Å². The van der Waals surface area contributed by atoms with E-state index in [1.165, 1.54) is 6.08 Å². The predicted octanol–water partition coefficient (Wildman–Crippen LogP) is 6.03. The number of hydrogen-bond donors (Lipinski definition) is 1. The minimum atomic E-state index is -1.62. The number of amides is 2. The molecule has 2 aromatic carbocycles. The van der Waals surface area contributed by atoms with Crippen molar-refractivity contribution >= 4 is 35.1 Å². The highest BCUT2D eigenvalue weighted by atomic mass is 16.6. The van der Waals surface area contributed by atoms with Crippen LogP contribution in [0.1, 0.15) is 83.4 Å². The van der Waals surface area contributed by atoms with Gasteiger partial charge in [0.25, 0.3) is 0 Å². The molecule has 9 nitrogen and oxygen atoms in total. The lowest BCUT2D eigenvalue weighted by Crippen LogP contribution is -2.53. The summed E-state index contributed by atoms with van der Waals surface area (Å²) in [5.41, 5.74) is 1.28. The van der Waals surface area contributed by atoms with E-state index < -0.39 is 47.4 Å². The van der Waals surface area contributed by atoms with Crippen LogP contribution >= 0.6 is 0 Å². The monoisotopic (exact) mass is 633 g/mol. The maximum atomic E-state index is 14.4. The quantitative estimate of drug-likeness (QED) is 0.135. The molecule has 0 radical (unpaired) electrons. The number of esters is 1. The summed E-state index contributed by atoms with van der Waals surface area (Å²) in [4.78, 5) is 69.0. The van der Waals surface area contributed by atoms with E-state index >= 15 is 0 Å². The molecular formula is C37H47NO8. The highest BCUT2D eigenvalue weighted by Gasteiger charge is 2.54. The Balaban J connectivity index is 2.10. The van der Waals surface area contributed by atoms with E-state index in [1.54, 1.807) is 56.3 Å². The Hall–Kier alpha value is -4.11. The fourth-order valence-corrected chi connectivity index (χ4v) is 6.22. The number of ether oxygens (including phenoxy) is 2. The molecular weight excluding hydrogens is 586 g/mol. The van der Waals surface area contributed by atoms with Crippen LogP contribution in [-0.4, -0.2) is 63.9 Å². The summed E-state index contributed by atoms with van der Waals surface area (Å²) < 4.78 is 11.2. The van der Waals surface area contributed by atoms with Gasteiger partial charge in [0.2, 0.25) is 5.91 Å². The number of ketones is 2. The molecule has 0 spiro atoms. The van der Waals surface area contributed by atoms with Gasteiger partial charge in [0.05, 0.1) is 12.0 Å². The van der Waals surface area contributed by atoms with Gasteiger partial charge in [0.1, 0.15) is 5.60 Å². The van der Waals surface area contributed by atoms with Gasteiger partial charge in [0, 0.05) is 25.5 Å². The van der Waals surface area contributed by atoms with E-state index in [2.05, 4.69) is 0 Å². The molecule has 1 fully saturated rings. The van der Waals surface area contributed by atoms with Crippen molar-refractivity contribution in [2.45, 2.75) is 97.8 Å². The summed E-state index contributed by atoms with van der Waals surface area (Å²) in [6.07, 6.45) is 1.63. The smallest absolute Gasteiger partial charge is 0.417 e. The zero-order chi connectivity index (χ0) is 34.0. The second-order valence-corrected chi connectivity index (χ2v) is 12.8. The first-order chi connectivity index (χ1) is 21.8. The van der Waals surface area contributed by atoms with E-state index in [-0.39, 0.29) is 36.7 Å². The topological polar surface area (TPSA) is 127 Å². The molecule has 0 aliphatic carbocycles. The minimum absolute atomic E-state index is 0.00912. The summed E-state index contributed by atoms with van der Waals surface area (Å²) in [5.74, 6) is -3.94. The maximum absolute atomic E-state index is 14.4. The average Bonchev–Trinajstić information content (AvgIpc) is 3.25. The summed E-state index contributed by atoms with van der Waals surface area (Å²) in [6, 6.07) is 15.5. The van der Waals surface area contributed by atoms with Crippen LogP contribution in [0, 0.1) is 18.8 Å². The number of aryl methyl sites for hydroxylation is 1. The van der Waals surface area contributed by atoms with E-state index in [4.69, 9.17) is 14.6 Å². The molecule has 0 bridgehead atoms. The van der Waals surface area contributed by atoms with Crippen LogP contribution < -0.4 is 0 Å². The van der Waals surface area contributed by atoms with E-state index in [0.29, 0.717) is 24.0 Å². The normalized spacial score (nSPS) is 17.4. The number of rotatable bonds is 16. The van der Waals surface area contributed by atoms with E-state index in [0.717, 1.165) is 30.2 Å². The second-order valence-electron chi connectivity index (χ2n) is 12.8. The van der Waals surface area contributed by atoms with Crippen LogP contribution in [0.5, 0.6) is 0 Å². The van der Waals surface area contributed by atoms with Crippen molar-refractivity contribution in [1.29, 1.82) is 0 Å². The first-order valence-electron chi connectivity index (χ1n) is 16.0. The Morgan fingerprint density at radius 3 is 2.28 bits per heavy atom. The fraction of sp³-hybridized carbons (Fsp3) is 0.486. The predicted molar refractivity (Wildman–Crippen MR) is 175 cm³/mol. The first-order valence-corrected chi connectivity index (χ1v) is 16.0. The van der Waals surface area contributed by atoms with Crippen LogP contribution in [0.2, 0.25) is 0 Å². The summed E-state index contributed by atoms with van der Waals surface area (Å²) in [5, 5.41) is 9.08. The molecule has 1 aliphatic rings. The molecule has 3 rings (SSSR count). The van der Waals surface area contributed by atoms with Crippen molar-refractivity contribution in [2.75, 3.05) is 6.61 Å². The van der Waals surface area contributed by atoms with Crippen LogP contribution in [-0.2, 0) is 35.1 Å². The minimum Gasteiger partial charge on any atom is -0.453 e. The fourth-order valence-electron chi connectivity index (χ4n) is 6.22. The molecule has 1 heterocycles. The number of aliphatic hydroxyl groups excluding tert-OH is 1. The number of allylic oxidation sites excluding steroid dienone is 1. The standard InChI is InChI=1S/C37H47NO8/c1-24(2)34-37(5,6)46-36(44)38(34)35(43)30(22-27-16-10-9-11-17-27)33(45-26(4)40)32(42)23-29(28-18-14-15-25(3)21-28)31(41)19-12-7-8-13-20-39/h9-11,14-18,21,23-24,30,33-34,39H,7-8,12-13,19-20,22H2,1-6H3/t30-,33-,34-/m1/s1. The largest absolute Gasteiger partial charge is 0.453 e. The van der Waals surface area contributed by atoms with Gasteiger partial charge in [-0.25, -0.2) is 9.69 Å². The number of carbonyl (C=O) groups is 5. The molecule has 2 aromatic rings. The zero-order valence-corrected chi connectivity index (χ0v) is 27.8.